The molecule has 0 N–H and O–H groups in total. The van der Waals surface area contributed by atoms with Crippen molar-refractivity contribution in [3.05, 3.63) is 70.7 Å². The van der Waals surface area contributed by atoms with E-state index < -0.39 is 0 Å². The van der Waals surface area contributed by atoms with Crippen LogP contribution in [0.5, 0.6) is 0 Å². The molecular weight excluding hydrogens is 215 g/mol. The zero-order chi connectivity index (χ0) is 10.2. The van der Waals surface area contributed by atoms with Crippen LogP contribution in [-0.4, -0.2) is 0 Å². The highest BCUT2D eigenvalue weighted by Gasteiger charge is 1.89. The van der Waals surface area contributed by atoms with E-state index in [0.717, 1.165) is 0 Å². The van der Waals surface area contributed by atoms with E-state index in [4.69, 9.17) is 23.2 Å². The second-order valence-electron chi connectivity index (χ2n) is 2.57. The molecule has 2 rings (SSSR count). The minimum atomic E-state index is 0.606. The molecule has 0 atom stereocenters. The monoisotopic (exact) mass is 224 g/mol. The maximum atomic E-state index is 5.58. The minimum Gasteiger partial charge on any atom is -0.0827 e. The second kappa shape index (κ2) is 6.47. The molecule has 0 saturated heterocycles. The van der Waals surface area contributed by atoms with Crippen molar-refractivity contribution in [2.75, 3.05) is 0 Å². The molecule has 0 aliphatic heterocycles. The number of hydrogen-bond donors (Lipinski definition) is 0. The van der Waals surface area contributed by atoms with Crippen molar-refractivity contribution in [1.29, 1.82) is 0 Å². The number of halogens is 2. The zero-order valence-electron chi connectivity index (χ0n) is 7.53. The first-order chi connectivity index (χ1) is 6.80. The van der Waals surface area contributed by atoms with Crippen LogP contribution >= 0.6 is 23.2 Å². The van der Waals surface area contributed by atoms with Gasteiger partial charge in [-0.3, -0.25) is 0 Å². The molecule has 0 aliphatic carbocycles. The van der Waals surface area contributed by atoms with E-state index in [9.17, 15) is 0 Å². The first kappa shape index (κ1) is 11.1. The highest BCUT2D eigenvalue weighted by atomic mass is 35.5. The number of rotatable bonds is 0. The van der Waals surface area contributed by atoms with Gasteiger partial charge in [-0.1, -0.05) is 71.7 Å². The molecule has 72 valence electrons. The van der Waals surface area contributed by atoms with Crippen LogP contribution in [0.15, 0.2) is 60.7 Å². The highest BCUT2D eigenvalue weighted by Crippen LogP contribution is 2.19. The average Bonchev–Trinajstić information content (AvgIpc) is 2.26. The van der Waals surface area contributed by atoms with E-state index in [0.29, 0.717) is 10.0 Å². The predicted molar refractivity (Wildman–Crippen MR) is 62.9 cm³/mol. The Balaban J connectivity index is 0.000000146. The smallest absolute Gasteiger partial charge is 0.0592 e. The van der Waals surface area contributed by atoms with Gasteiger partial charge in [0, 0.05) is 0 Å². The quantitative estimate of drug-likeness (QED) is 0.610. The van der Waals surface area contributed by atoms with Crippen molar-refractivity contribution in [2.45, 2.75) is 0 Å². The number of hydrogen-bond acceptors (Lipinski definition) is 0. The molecule has 0 bridgehead atoms. The molecule has 2 heteroatoms. The summed E-state index contributed by atoms with van der Waals surface area (Å²) in [5.74, 6) is 0. The summed E-state index contributed by atoms with van der Waals surface area (Å²) in [5.41, 5.74) is 0. The standard InChI is InChI=1S/C6H4Cl2.C6H6/c7-5-3-1-2-4-6(5)8;1-2-4-6-5-3-1/h1-4H;1-6H. The molecule has 2 aromatic carbocycles. The summed E-state index contributed by atoms with van der Waals surface area (Å²) in [6.07, 6.45) is 0. The molecule has 2 aromatic rings. The molecular formula is C12H10Cl2. The van der Waals surface area contributed by atoms with Gasteiger partial charge in [0.1, 0.15) is 0 Å². The average molecular weight is 225 g/mol. The van der Waals surface area contributed by atoms with E-state index in [1.807, 2.05) is 48.5 Å². The normalized spacial score (nSPS) is 8.71. The van der Waals surface area contributed by atoms with E-state index in [2.05, 4.69) is 0 Å². The lowest BCUT2D eigenvalue weighted by Gasteiger charge is -1.88. The van der Waals surface area contributed by atoms with Crippen LogP contribution in [0, 0.1) is 0 Å². The van der Waals surface area contributed by atoms with Gasteiger partial charge in [0.15, 0.2) is 0 Å². The lowest BCUT2D eigenvalue weighted by atomic mass is 10.4. The number of benzene rings is 2. The Morgan fingerprint density at radius 1 is 0.500 bits per heavy atom. The van der Waals surface area contributed by atoms with Gasteiger partial charge in [-0.05, 0) is 12.1 Å². The molecule has 0 saturated carbocycles. The molecule has 14 heavy (non-hydrogen) atoms. The lowest BCUT2D eigenvalue weighted by Crippen LogP contribution is -1.62. The van der Waals surface area contributed by atoms with Crippen molar-refractivity contribution in [3.8, 4) is 0 Å². The van der Waals surface area contributed by atoms with Gasteiger partial charge in [0.25, 0.3) is 0 Å². The SMILES string of the molecule is Clc1ccccc1Cl.c1ccccc1. The lowest BCUT2D eigenvalue weighted by molar-refractivity contribution is 1.71. The van der Waals surface area contributed by atoms with Crippen LogP contribution in [0.1, 0.15) is 0 Å². The van der Waals surface area contributed by atoms with Crippen LogP contribution in [0.2, 0.25) is 10.0 Å². The van der Waals surface area contributed by atoms with Gasteiger partial charge in [-0.2, -0.15) is 0 Å². The Morgan fingerprint density at radius 3 is 1.00 bits per heavy atom. The van der Waals surface area contributed by atoms with E-state index in [1.54, 1.807) is 12.1 Å². The van der Waals surface area contributed by atoms with Crippen LogP contribution in [0.3, 0.4) is 0 Å². The minimum absolute atomic E-state index is 0.606. The van der Waals surface area contributed by atoms with E-state index in [-0.39, 0.29) is 0 Å². The van der Waals surface area contributed by atoms with Gasteiger partial charge in [0.2, 0.25) is 0 Å². The molecule has 0 amide bonds. The largest absolute Gasteiger partial charge is 0.0827 e. The van der Waals surface area contributed by atoms with Gasteiger partial charge in [0.05, 0.1) is 10.0 Å². The fourth-order valence-electron chi connectivity index (χ4n) is 0.824. The van der Waals surface area contributed by atoms with Crippen LogP contribution in [0.4, 0.5) is 0 Å². The maximum Gasteiger partial charge on any atom is 0.0592 e. The summed E-state index contributed by atoms with van der Waals surface area (Å²) < 4.78 is 0. The van der Waals surface area contributed by atoms with Gasteiger partial charge >= 0.3 is 0 Å². The Labute approximate surface area is 94.1 Å². The van der Waals surface area contributed by atoms with Crippen molar-refractivity contribution >= 4 is 23.2 Å². The second-order valence-corrected chi connectivity index (χ2v) is 3.38. The molecule has 0 aromatic heterocycles. The Bertz CT molecular complexity index is 310. The van der Waals surface area contributed by atoms with Crippen molar-refractivity contribution < 1.29 is 0 Å². The van der Waals surface area contributed by atoms with E-state index in [1.165, 1.54) is 0 Å². The van der Waals surface area contributed by atoms with Crippen molar-refractivity contribution in [1.82, 2.24) is 0 Å². The van der Waals surface area contributed by atoms with E-state index >= 15 is 0 Å². The Morgan fingerprint density at radius 2 is 0.786 bits per heavy atom. The maximum absolute atomic E-state index is 5.58. The molecule has 0 radical (unpaired) electrons. The highest BCUT2D eigenvalue weighted by molar-refractivity contribution is 6.41. The first-order valence-electron chi connectivity index (χ1n) is 4.21. The summed E-state index contributed by atoms with van der Waals surface area (Å²) in [6.45, 7) is 0. The topological polar surface area (TPSA) is 0 Å². The van der Waals surface area contributed by atoms with Crippen LogP contribution in [-0.2, 0) is 0 Å². The van der Waals surface area contributed by atoms with Gasteiger partial charge in [-0.15, -0.1) is 0 Å². The molecule has 0 aliphatic rings. The van der Waals surface area contributed by atoms with Gasteiger partial charge < -0.3 is 0 Å². The van der Waals surface area contributed by atoms with Gasteiger partial charge in [-0.25, -0.2) is 0 Å². The third-order valence-electron chi connectivity index (χ3n) is 1.49. The summed E-state index contributed by atoms with van der Waals surface area (Å²) in [7, 11) is 0. The summed E-state index contributed by atoms with van der Waals surface area (Å²) >= 11 is 11.2. The predicted octanol–water partition coefficient (Wildman–Crippen LogP) is 4.68. The van der Waals surface area contributed by atoms with Crippen LogP contribution in [0.25, 0.3) is 0 Å². The molecule has 0 spiro atoms. The van der Waals surface area contributed by atoms with Crippen molar-refractivity contribution in [2.24, 2.45) is 0 Å². The first-order valence-corrected chi connectivity index (χ1v) is 4.96. The fraction of sp³-hybridized carbons (Fsp3) is 0. The summed E-state index contributed by atoms with van der Waals surface area (Å²) in [6, 6.07) is 19.2. The third-order valence-corrected chi connectivity index (χ3v) is 2.25. The Hall–Kier alpha value is -0.980. The fourth-order valence-corrected chi connectivity index (χ4v) is 1.10. The van der Waals surface area contributed by atoms with Crippen molar-refractivity contribution in [3.63, 3.8) is 0 Å². The van der Waals surface area contributed by atoms with Crippen LogP contribution < -0.4 is 0 Å². The molecule has 0 heterocycles. The zero-order valence-corrected chi connectivity index (χ0v) is 9.04. The summed E-state index contributed by atoms with van der Waals surface area (Å²) in [4.78, 5) is 0. The molecule has 0 nitrogen and oxygen atoms in total. The molecule has 0 unspecified atom stereocenters. The summed E-state index contributed by atoms with van der Waals surface area (Å²) in [5, 5.41) is 1.21. The Kier molecular flexibility index (Phi) is 5.13. The third kappa shape index (κ3) is 4.31. The molecule has 0 fully saturated rings.